The molecule has 6 nitrogen and oxygen atoms in total. The van der Waals surface area contributed by atoms with Crippen LogP contribution in [0.4, 0.5) is 0 Å². The van der Waals surface area contributed by atoms with Crippen molar-refractivity contribution in [3.63, 3.8) is 0 Å². The Kier molecular flexibility index (Phi) is 9.20. The summed E-state index contributed by atoms with van der Waals surface area (Å²) in [7, 11) is 5.03. The molecule has 0 bridgehead atoms. The molecule has 0 aliphatic carbocycles. The van der Waals surface area contributed by atoms with Crippen molar-refractivity contribution in [1.29, 1.82) is 0 Å². The van der Waals surface area contributed by atoms with Crippen molar-refractivity contribution in [3.05, 3.63) is 23.3 Å². The van der Waals surface area contributed by atoms with Gasteiger partial charge in [0.05, 0.1) is 27.4 Å². The van der Waals surface area contributed by atoms with E-state index in [1.54, 1.807) is 21.3 Å². The van der Waals surface area contributed by atoms with Crippen molar-refractivity contribution < 1.29 is 14.2 Å². The number of benzene rings is 1. The van der Waals surface area contributed by atoms with E-state index in [-0.39, 0.29) is 24.0 Å². The Hall–Kier alpha value is -1.22. The Morgan fingerprint density at radius 1 is 1.17 bits per heavy atom. The number of fused-ring (bicyclic) bond motifs is 1. The van der Waals surface area contributed by atoms with Crippen LogP contribution in [-0.4, -0.2) is 58.4 Å². The summed E-state index contributed by atoms with van der Waals surface area (Å²) in [6.45, 7) is 5.97. The average Bonchev–Trinajstić information content (AvgIpc) is 2.59. The van der Waals surface area contributed by atoms with Gasteiger partial charge in [-0.25, -0.2) is 0 Å². The Balaban J connectivity index is 0.00000288. The van der Waals surface area contributed by atoms with Crippen molar-refractivity contribution in [1.82, 2.24) is 10.2 Å². The van der Waals surface area contributed by atoms with Crippen LogP contribution in [0.25, 0.3) is 0 Å². The highest BCUT2D eigenvalue weighted by Crippen LogP contribution is 2.33. The summed E-state index contributed by atoms with van der Waals surface area (Å²) in [5.41, 5.74) is 2.57. The van der Waals surface area contributed by atoms with Crippen LogP contribution in [0, 0.1) is 0 Å². The maximum absolute atomic E-state index is 5.42. The van der Waals surface area contributed by atoms with Crippen molar-refractivity contribution in [2.45, 2.75) is 19.9 Å². The second kappa shape index (κ2) is 10.6. The monoisotopic (exact) mass is 449 g/mol. The van der Waals surface area contributed by atoms with Gasteiger partial charge in [-0.2, -0.15) is 0 Å². The molecule has 0 atom stereocenters. The lowest BCUT2D eigenvalue weighted by atomic mass is 9.99. The second-order valence-electron chi connectivity index (χ2n) is 5.38. The highest BCUT2D eigenvalue weighted by molar-refractivity contribution is 14.0. The molecule has 0 fully saturated rings. The molecular weight excluding hydrogens is 421 g/mol. The molecule has 1 aliphatic heterocycles. The molecule has 1 heterocycles. The van der Waals surface area contributed by atoms with Gasteiger partial charge in [0.25, 0.3) is 0 Å². The quantitative estimate of drug-likeness (QED) is 0.313. The lowest BCUT2D eigenvalue weighted by Gasteiger charge is -2.32. The highest BCUT2D eigenvalue weighted by atomic mass is 127. The van der Waals surface area contributed by atoms with Gasteiger partial charge in [0.2, 0.25) is 0 Å². The zero-order chi connectivity index (χ0) is 16.7. The van der Waals surface area contributed by atoms with Crippen LogP contribution in [-0.2, 0) is 17.7 Å². The molecular formula is C17H28IN3O3. The SMILES string of the molecule is CCNC(=NCCOC)N1CCc2cc(OC)c(OC)cc2C1.I. The number of nitrogens with zero attached hydrogens (tertiary/aromatic N) is 2. The molecule has 0 saturated heterocycles. The van der Waals surface area contributed by atoms with Gasteiger partial charge in [-0.05, 0) is 36.6 Å². The van der Waals surface area contributed by atoms with Gasteiger partial charge in [0, 0.05) is 26.7 Å². The first kappa shape index (κ1) is 20.8. The zero-order valence-electron chi connectivity index (χ0n) is 14.9. The van der Waals surface area contributed by atoms with E-state index < -0.39 is 0 Å². The molecule has 0 saturated carbocycles. The van der Waals surface area contributed by atoms with E-state index >= 15 is 0 Å². The van der Waals surface area contributed by atoms with Crippen molar-refractivity contribution in [3.8, 4) is 11.5 Å². The Bertz CT molecular complexity index is 552. The third-order valence-electron chi connectivity index (χ3n) is 3.91. The number of ether oxygens (including phenoxy) is 3. The van der Waals surface area contributed by atoms with Crippen molar-refractivity contribution in [2.24, 2.45) is 4.99 Å². The van der Waals surface area contributed by atoms with Gasteiger partial charge in [-0.1, -0.05) is 0 Å². The number of hydrogen-bond donors (Lipinski definition) is 1. The summed E-state index contributed by atoms with van der Waals surface area (Å²) in [4.78, 5) is 6.90. The number of guanidine groups is 1. The van der Waals surface area contributed by atoms with Crippen LogP contribution < -0.4 is 14.8 Å². The molecule has 136 valence electrons. The largest absolute Gasteiger partial charge is 0.493 e. The molecule has 0 aromatic heterocycles. The van der Waals surface area contributed by atoms with Gasteiger partial charge in [0.15, 0.2) is 17.5 Å². The molecule has 1 N–H and O–H groups in total. The van der Waals surface area contributed by atoms with Gasteiger partial charge in [0.1, 0.15) is 0 Å². The fourth-order valence-electron chi connectivity index (χ4n) is 2.73. The fourth-order valence-corrected chi connectivity index (χ4v) is 2.73. The maximum Gasteiger partial charge on any atom is 0.194 e. The maximum atomic E-state index is 5.42. The molecule has 7 heteroatoms. The topological polar surface area (TPSA) is 55.3 Å². The normalized spacial score (nSPS) is 13.8. The summed E-state index contributed by atoms with van der Waals surface area (Å²) in [6.07, 6.45) is 0.963. The predicted molar refractivity (Wildman–Crippen MR) is 107 cm³/mol. The summed E-state index contributed by atoms with van der Waals surface area (Å²) >= 11 is 0. The standard InChI is InChI=1S/C17H27N3O3.HI/c1-5-18-17(19-7-9-21-2)20-8-6-13-10-15(22-3)16(23-4)11-14(13)12-20;/h10-11H,5-9,12H2,1-4H3,(H,18,19);1H. The second-order valence-corrected chi connectivity index (χ2v) is 5.38. The van der Waals surface area contributed by atoms with Crippen molar-refractivity contribution in [2.75, 3.05) is 47.6 Å². The lowest BCUT2D eigenvalue weighted by molar-refractivity contribution is 0.207. The number of methoxy groups -OCH3 is 3. The van der Waals surface area contributed by atoms with E-state index in [0.29, 0.717) is 13.2 Å². The zero-order valence-corrected chi connectivity index (χ0v) is 17.3. The van der Waals surface area contributed by atoms with Gasteiger partial charge < -0.3 is 24.4 Å². The van der Waals surface area contributed by atoms with E-state index in [4.69, 9.17) is 14.2 Å². The number of halogens is 1. The first-order valence-corrected chi connectivity index (χ1v) is 7.99. The smallest absolute Gasteiger partial charge is 0.194 e. The van der Waals surface area contributed by atoms with E-state index in [9.17, 15) is 0 Å². The minimum atomic E-state index is 0. The minimum Gasteiger partial charge on any atom is -0.493 e. The van der Waals surface area contributed by atoms with E-state index in [1.165, 1.54) is 11.1 Å². The summed E-state index contributed by atoms with van der Waals surface area (Å²) in [6, 6.07) is 4.15. The molecule has 1 aromatic carbocycles. The third kappa shape index (κ3) is 5.14. The number of hydrogen-bond acceptors (Lipinski definition) is 4. The van der Waals surface area contributed by atoms with Crippen molar-refractivity contribution >= 4 is 29.9 Å². The number of rotatable bonds is 6. The first-order chi connectivity index (χ1) is 11.2. The molecule has 1 aliphatic rings. The van der Waals surface area contributed by atoms with Crippen LogP contribution in [0.5, 0.6) is 11.5 Å². The average molecular weight is 449 g/mol. The molecule has 1 aromatic rings. The van der Waals surface area contributed by atoms with Gasteiger partial charge in [-0.15, -0.1) is 24.0 Å². The first-order valence-electron chi connectivity index (χ1n) is 7.99. The molecule has 0 unspecified atom stereocenters. The fraction of sp³-hybridized carbons (Fsp3) is 0.588. The third-order valence-corrected chi connectivity index (χ3v) is 3.91. The summed E-state index contributed by atoms with van der Waals surface area (Å²) < 4.78 is 15.9. The van der Waals surface area contributed by atoms with Crippen LogP contribution in [0.2, 0.25) is 0 Å². The Morgan fingerprint density at radius 3 is 2.42 bits per heavy atom. The Morgan fingerprint density at radius 2 is 1.83 bits per heavy atom. The number of nitrogens with one attached hydrogen (secondary N) is 1. The molecule has 0 radical (unpaired) electrons. The van der Waals surface area contributed by atoms with Crippen LogP contribution in [0.15, 0.2) is 17.1 Å². The molecule has 2 rings (SSSR count). The van der Waals surface area contributed by atoms with Crippen LogP contribution in [0.3, 0.4) is 0 Å². The molecule has 24 heavy (non-hydrogen) atoms. The van der Waals surface area contributed by atoms with Crippen LogP contribution >= 0.6 is 24.0 Å². The van der Waals surface area contributed by atoms with E-state index in [1.807, 2.05) is 0 Å². The minimum absolute atomic E-state index is 0. The van der Waals surface area contributed by atoms with Gasteiger partial charge in [-0.3, -0.25) is 4.99 Å². The van der Waals surface area contributed by atoms with E-state index in [2.05, 4.69) is 34.3 Å². The molecule has 0 spiro atoms. The number of aliphatic imine (C=N–C) groups is 1. The summed E-state index contributed by atoms with van der Waals surface area (Å²) in [5.74, 6) is 2.50. The predicted octanol–water partition coefficient (Wildman–Crippen LogP) is 2.29. The summed E-state index contributed by atoms with van der Waals surface area (Å²) in [5, 5.41) is 3.36. The van der Waals surface area contributed by atoms with Crippen LogP contribution in [0.1, 0.15) is 18.1 Å². The van der Waals surface area contributed by atoms with E-state index in [0.717, 1.165) is 43.5 Å². The van der Waals surface area contributed by atoms with Gasteiger partial charge >= 0.3 is 0 Å². The Labute approximate surface area is 161 Å². The molecule has 0 amide bonds. The lowest BCUT2D eigenvalue weighted by Crippen LogP contribution is -2.44. The highest BCUT2D eigenvalue weighted by Gasteiger charge is 2.21.